The Bertz CT molecular complexity index is 1810. The normalized spacial score (nSPS) is 17.0. The second kappa shape index (κ2) is 20.8. The second-order valence-corrected chi connectivity index (χ2v) is 12.7. The molecule has 0 bridgehead atoms. The van der Waals surface area contributed by atoms with Crippen LogP contribution in [0.3, 0.4) is 0 Å². The minimum atomic E-state index is -4.60. The Labute approximate surface area is 342 Å². The van der Waals surface area contributed by atoms with Gasteiger partial charge in [-0.05, 0) is 24.1 Å². The van der Waals surface area contributed by atoms with Crippen molar-refractivity contribution in [2.45, 2.75) is 37.6 Å². The number of carbonyl (C=O) groups is 1. The number of fused-ring (bicyclic) bond motifs is 1. The third-order valence-corrected chi connectivity index (χ3v) is 9.46. The standard InChI is InChI=1S/C38H43F3N6O6.3ClH/c1-5-52-37-43-34(51-4)29(35(44-37)53-24-38(39,40)41)22-45-20-27-21-46(36(48)28-16-17-31(49-2)42-33(28)50-3)18-19-47(27)30(23-45)32(25-12-8-6-9-13-25)26-14-10-7-11-15-26;;;/h6-17,27,30,32H,5,18-24H2,1-4H3;3*1H/t27-,30+;;;/m1.../s1. The Morgan fingerprint density at radius 3 is 1.96 bits per heavy atom. The van der Waals surface area contributed by atoms with Gasteiger partial charge in [-0.3, -0.25) is 14.6 Å². The molecule has 1 amide bonds. The number of hydrogen-bond acceptors (Lipinski definition) is 11. The van der Waals surface area contributed by atoms with Gasteiger partial charge in [-0.1, -0.05) is 60.7 Å². The lowest BCUT2D eigenvalue weighted by Crippen LogP contribution is -2.67. The number of halogens is 6. The maximum atomic E-state index is 14.0. The first kappa shape index (κ1) is 46.1. The molecular weight excluding hydrogens is 800 g/mol. The molecule has 2 saturated heterocycles. The van der Waals surface area contributed by atoms with E-state index >= 15 is 0 Å². The SMILES string of the molecule is CCOc1nc(OC)c(CN2C[C@@H]3CN(C(=O)c4ccc(OC)nc4OC)CCN3[C@H](C(c3ccccc3)c3ccccc3)C2)c(OCC(F)(F)F)n1.Cl.Cl.Cl. The first-order chi connectivity index (χ1) is 25.6. The number of alkyl halides is 3. The van der Waals surface area contributed by atoms with E-state index in [1.807, 2.05) is 36.4 Å². The van der Waals surface area contributed by atoms with E-state index in [4.69, 9.17) is 23.7 Å². The van der Waals surface area contributed by atoms with Crippen LogP contribution >= 0.6 is 37.2 Å². The zero-order valence-electron chi connectivity index (χ0n) is 31.3. The molecular formula is C38H46Cl3F3N6O6. The quantitative estimate of drug-likeness (QED) is 0.150. The Morgan fingerprint density at radius 1 is 0.768 bits per heavy atom. The van der Waals surface area contributed by atoms with Gasteiger partial charge in [-0.2, -0.15) is 28.1 Å². The molecule has 0 saturated carbocycles. The molecule has 0 radical (unpaired) electrons. The number of carbonyl (C=O) groups excluding carboxylic acids is 1. The number of benzene rings is 2. The highest BCUT2D eigenvalue weighted by molar-refractivity contribution is 5.96. The maximum absolute atomic E-state index is 14.0. The Hall–Kier alpha value is -4.28. The van der Waals surface area contributed by atoms with Gasteiger partial charge in [0.2, 0.25) is 23.5 Å². The monoisotopic (exact) mass is 844 g/mol. The van der Waals surface area contributed by atoms with Crippen molar-refractivity contribution in [3.8, 4) is 29.5 Å². The minimum absolute atomic E-state index is 0. The minimum Gasteiger partial charge on any atom is -0.481 e. The molecule has 4 heterocycles. The highest BCUT2D eigenvalue weighted by atomic mass is 35.5. The Kier molecular flexibility index (Phi) is 17.1. The summed E-state index contributed by atoms with van der Waals surface area (Å²) in [4.78, 5) is 33.3. The van der Waals surface area contributed by atoms with E-state index in [1.165, 1.54) is 21.3 Å². The van der Waals surface area contributed by atoms with Crippen LogP contribution in [-0.4, -0.2) is 121 Å². The fourth-order valence-electron chi connectivity index (χ4n) is 7.22. The van der Waals surface area contributed by atoms with E-state index in [0.717, 1.165) is 11.1 Å². The molecule has 2 atom stereocenters. The molecule has 0 spiro atoms. The van der Waals surface area contributed by atoms with Crippen molar-refractivity contribution in [2.75, 3.05) is 67.3 Å². The van der Waals surface area contributed by atoms with E-state index in [2.05, 4.69) is 49.0 Å². The molecule has 12 nitrogen and oxygen atoms in total. The van der Waals surface area contributed by atoms with Gasteiger partial charge in [0.05, 0.1) is 33.5 Å². The third kappa shape index (κ3) is 10.8. The average molecular weight is 846 g/mol. The Morgan fingerprint density at radius 2 is 1.39 bits per heavy atom. The van der Waals surface area contributed by atoms with Crippen molar-refractivity contribution in [3.05, 3.63) is 95.1 Å². The molecule has 2 aliphatic rings. The highest BCUT2D eigenvalue weighted by Crippen LogP contribution is 2.38. The predicted molar refractivity (Wildman–Crippen MR) is 211 cm³/mol. The summed E-state index contributed by atoms with van der Waals surface area (Å²) in [6.45, 7) is 2.93. The van der Waals surface area contributed by atoms with Crippen LogP contribution in [0.4, 0.5) is 13.2 Å². The zero-order chi connectivity index (χ0) is 37.5. The van der Waals surface area contributed by atoms with Gasteiger partial charge in [0, 0.05) is 63.3 Å². The van der Waals surface area contributed by atoms with Crippen LogP contribution in [0.1, 0.15) is 39.9 Å². The van der Waals surface area contributed by atoms with Gasteiger partial charge in [0.25, 0.3) is 5.91 Å². The van der Waals surface area contributed by atoms with Gasteiger partial charge < -0.3 is 28.6 Å². The molecule has 2 fully saturated rings. The number of rotatable bonds is 13. The van der Waals surface area contributed by atoms with Crippen molar-refractivity contribution in [1.29, 1.82) is 0 Å². The van der Waals surface area contributed by atoms with Crippen molar-refractivity contribution < 1.29 is 41.7 Å². The van der Waals surface area contributed by atoms with E-state index in [0.29, 0.717) is 44.2 Å². The van der Waals surface area contributed by atoms with E-state index in [-0.39, 0.29) is 103 Å². The fourth-order valence-corrected chi connectivity index (χ4v) is 7.22. The lowest BCUT2D eigenvalue weighted by molar-refractivity contribution is -0.154. The molecule has 0 unspecified atom stereocenters. The van der Waals surface area contributed by atoms with Crippen molar-refractivity contribution in [3.63, 3.8) is 0 Å². The number of pyridine rings is 1. The van der Waals surface area contributed by atoms with Gasteiger partial charge in [0.1, 0.15) is 5.56 Å². The molecule has 0 aliphatic carbocycles. The summed E-state index contributed by atoms with van der Waals surface area (Å²) in [5.41, 5.74) is 2.82. The number of methoxy groups -OCH3 is 3. The number of nitrogens with zero attached hydrogens (tertiary/aromatic N) is 6. The van der Waals surface area contributed by atoms with Gasteiger partial charge in [-0.15, -0.1) is 37.2 Å². The van der Waals surface area contributed by atoms with Gasteiger partial charge in [-0.25, -0.2) is 0 Å². The first-order valence-electron chi connectivity index (χ1n) is 17.4. The molecule has 6 rings (SSSR count). The largest absolute Gasteiger partial charge is 0.481 e. The van der Waals surface area contributed by atoms with Gasteiger partial charge in [0.15, 0.2) is 6.61 Å². The molecule has 306 valence electrons. The van der Waals surface area contributed by atoms with Gasteiger partial charge >= 0.3 is 12.2 Å². The summed E-state index contributed by atoms with van der Waals surface area (Å²) in [5, 5.41) is 0. The van der Waals surface area contributed by atoms with E-state index < -0.39 is 12.8 Å². The molecule has 2 aliphatic heterocycles. The van der Waals surface area contributed by atoms with Crippen LogP contribution in [0, 0.1) is 0 Å². The lowest BCUT2D eigenvalue weighted by Gasteiger charge is -2.53. The van der Waals surface area contributed by atoms with Crippen LogP contribution in [-0.2, 0) is 6.54 Å². The van der Waals surface area contributed by atoms with Crippen LogP contribution in [0.5, 0.6) is 29.5 Å². The van der Waals surface area contributed by atoms with Crippen LogP contribution in [0.25, 0.3) is 0 Å². The number of ether oxygens (including phenoxy) is 5. The highest BCUT2D eigenvalue weighted by Gasteiger charge is 2.44. The van der Waals surface area contributed by atoms with Crippen molar-refractivity contribution in [1.82, 2.24) is 29.7 Å². The topological polar surface area (TPSA) is 112 Å². The number of piperazine rings is 2. The van der Waals surface area contributed by atoms with E-state index in [1.54, 1.807) is 24.0 Å². The summed E-state index contributed by atoms with van der Waals surface area (Å²) in [5.74, 6) is -0.00965. The van der Waals surface area contributed by atoms with Crippen molar-refractivity contribution >= 4 is 43.1 Å². The van der Waals surface area contributed by atoms with Crippen LogP contribution in [0.2, 0.25) is 0 Å². The zero-order valence-corrected chi connectivity index (χ0v) is 33.8. The van der Waals surface area contributed by atoms with Crippen LogP contribution < -0.4 is 23.7 Å². The number of amides is 1. The smallest absolute Gasteiger partial charge is 0.422 e. The summed E-state index contributed by atoms with van der Waals surface area (Å²) in [6, 6.07) is 23.3. The van der Waals surface area contributed by atoms with Crippen LogP contribution in [0.15, 0.2) is 72.8 Å². The molecule has 2 aromatic carbocycles. The molecule has 2 aromatic heterocycles. The summed E-state index contributed by atoms with van der Waals surface area (Å²) in [7, 11) is 4.34. The van der Waals surface area contributed by atoms with Crippen molar-refractivity contribution in [2.24, 2.45) is 0 Å². The third-order valence-electron chi connectivity index (χ3n) is 9.46. The molecule has 0 N–H and O–H groups in total. The Balaban J connectivity index is 0.00000280. The summed E-state index contributed by atoms with van der Waals surface area (Å²) >= 11 is 0. The average Bonchev–Trinajstić information content (AvgIpc) is 3.17. The first-order valence-corrected chi connectivity index (χ1v) is 17.4. The number of hydrogen-bond donors (Lipinski definition) is 0. The fraction of sp³-hybridized carbons (Fsp3) is 0.421. The molecule has 18 heteroatoms. The maximum Gasteiger partial charge on any atom is 0.422 e. The predicted octanol–water partition coefficient (Wildman–Crippen LogP) is 6.35. The summed E-state index contributed by atoms with van der Waals surface area (Å²) < 4.78 is 67.3. The lowest BCUT2D eigenvalue weighted by atomic mass is 9.81. The molecule has 56 heavy (non-hydrogen) atoms. The second-order valence-electron chi connectivity index (χ2n) is 12.7. The molecule has 4 aromatic rings. The number of aromatic nitrogens is 3. The summed E-state index contributed by atoms with van der Waals surface area (Å²) in [6.07, 6.45) is -4.60. The van der Waals surface area contributed by atoms with E-state index in [9.17, 15) is 18.0 Å².